The molecule has 23 heavy (non-hydrogen) atoms. The Kier molecular flexibility index (Phi) is 10.5. The number of nitrogens with one attached hydrogen (secondary N) is 2. The van der Waals surface area contributed by atoms with Crippen LogP contribution in [0.1, 0.15) is 30.5 Å². The van der Waals surface area contributed by atoms with Crippen molar-refractivity contribution >= 4 is 30.7 Å². The Morgan fingerprint density at radius 1 is 1.30 bits per heavy atom. The Morgan fingerprint density at radius 3 is 2.43 bits per heavy atom. The van der Waals surface area contributed by atoms with Gasteiger partial charge in [-0.3, -0.25) is 4.79 Å². The Hall–Kier alpha value is -0.810. The fourth-order valence-electron chi connectivity index (χ4n) is 2.79. The van der Waals surface area contributed by atoms with Crippen molar-refractivity contribution in [3.8, 4) is 0 Å². The van der Waals surface area contributed by atoms with Crippen LogP contribution in [0.2, 0.25) is 0 Å². The van der Waals surface area contributed by atoms with Gasteiger partial charge in [0.25, 0.3) is 0 Å². The van der Waals surface area contributed by atoms with Crippen LogP contribution in [0.25, 0.3) is 0 Å². The number of carbonyl (C=O) groups excluding carboxylic acids is 1. The highest BCUT2D eigenvalue weighted by Gasteiger charge is 2.23. The summed E-state index contributed by atoms with van der Waals surface area (Å²) in [5, 5.41) is 6.35. The van der Waals surface area contributed by atoms with Crippen molar-refractivity contribution in [1.82, 2.24) is 15.5 Å². The predicted molar refractivity (Wildman–Crippen MR) is 101 cm³/mol. The number of benzene rings is 1. The fraction of sp³-hybridized carbons (Fsp3) is 0.588. The van der Waals surface area contributed by atoms with Crippen molar-refractivity contribution in [2.24, 2.45) is 5.92 Å². The van der Waals surface area contributed by atoms with Gasteiger partial charge in [0.15, 0.2) is 0 Å². The van der Waals surface area contributed by atoms with Crippen LogP contribution in [0.15, 0.2) is 24.3 Å². The Morgan fingerprint density at radius 2 is 1.96 bits per heavy atom. The maximum atomic E-state index is 12.1. The van der Waals surface area contributed by atoms with Crippen LogP contribution >= 0.6 is 24.8 Å². The summed E-state index contributed by atoms with van der Waals surface area (Å²) in [6.07, 6.45) is 2.00. The lowest BCUT2D eigenvalue weighted by molar-refractivity contribution is -0.124. The SMILES string of the molecule is CCc1ccc(C(CNC(=O)C2CCNC2)N(C)C)cc1.Cl.Cl. The number of nitrogens with zero attached hydrogens (tertiary/aromatic N) is 1. The number of rotatable bonds is 6. The number of hydrogen-bond donors (Lipinski definition) is 2. The summed E-state index contributed by atoms with van der Waals surface area (Å²) in [6, 6.07) is 8.91. The van der Waals surface area contributed by atoms with Crippen LogP contribution in [-0.2, 0) is 11.2 Å². The Labute approximate surface area is 152 Å². The monoisotopic (exact) mass is 361 g/mol. The van der Waals surface area contributed by atoms with Crippen LogP contribution in [0.5, 0.6) is 0 Å². The van der Waals surface area contributed by atoms with E-state index in [-0.39, 0.29) is 42.7 Å². The van der Waals surface area contributed by atoms with Crippen molar-refractivity contribution in [3.05, 3.63) is 35.4 Å². The third-order valence-electron chi connectivity index (χ3n) is 4.30. The molecule has 132 valence electrons. The van der Waals surface area contributed by atoms with Crippen LogP contribution in [0, 0.1) is 5.92 Å². The van der Waals surface area contributed by atoms with Crippen LogP contribution in [0.3, 0.4) is 0 Å². The van der Waals surface area contributed by atoms with E-state index >= 15 is 0 Å². The lowest BCUT2D eigenvalue weighted by Gasteiger charge is -2.26. The second kappa shape index (κ2) is 10.9. The molecule has 0 radical (unpaired) electrons. The number of likely N-dealkylation sites (N-methyl/N-ethyl adjacent to an activating group) is 1. The standard InChI is InChI=1S/C17H27N3O.2ClH/c1-4-13-5-7-14(8-6-13)16(20(2)3)12-19-17(21)15-9-10-18-11-15;;/h5-8,15-16,18H,4,9-12H2,1-3H3,(H,19,21);2*1H. The maximum absolute atomic E-state index is 12.1. The quantitative estimate of drug-likeness (QED) is 0.817. The third-order valence-corrected chi connectivity index (χ3v) is 4.30. The van der Waals surface area contributed by atoms with Crippen molar-refractivity contribution in [1.29, 1.82) is 0 Å². The summed E-state index contributed by atoms with van der Waals surface area (Å²) in [5.74, 6) is 0.312. The zero-order valence-corrected chi connectivity index (χ0v) is 15.8. The van der Waals surface area contributed by atoms with Gasteiger partial charge in [-0.15, -0.1) is 24.8 Å². The summed E-state index contributed by atoms with van der Waals surface area (Å²) in [7, 11) is 4.11. The van der Waals surface area contributed by atoms with Gasteiger partial charge >= 0.3 is 0 Å². The van der Waals surface area contributed by atoms with E-state index in [1.807, 2.05) is 0 Å². The largest absolute Gasteiger partial charge is 0.354 e. The highest BCUT2D eigenvalue weighted by atomic mass is 35.5. The fourth-order valence-corrected chi connectivity index (χ4v) is 2.79. The van der Waals surface area contributed by atoms with Gasteiger partial charge in [-0.05, 0) is 44.6 Å². The first-order valence-electron chi connectivity index (χ1n) is 7.85. The average Bonchev–Trinajstić information content (AvgIpc) is 3.02. The molecule has 1 aliphatic heterocycles. The molecule has 4 nitrogen and oxygen atoms in total. The molecule has 2 unspecified atom stereocenters. The van der Waals surface area contributed by atoms with E-state index in [0.29, 0.717) is 6.54 Å². The van der Waals surface area contributed by atoms with Crippen LogP contribution < -0.4 is 10.6 Å². The maximum Gasteiger partial charge on any atom is 0.224 e. The molecule has 1 aliphatic rings. The Balaban J connectivity index is 0.00000242. The zero-order chi connectivity index (χ0) is 15.2. The average molecular weight is 362 g/mol. The van der Waals surface area contributed by atoms with E-state index in [4.69, 9.17) is 0 Å². The predicted octanol–water partition coefficient (Wildman–Crippen LogP) is 2.42. The van der Waals surface area contributed by atoms with Gasteiger partial charge in [-0.25, -0.2) is 0 Å². The van der Waals surface area contributed by atoms with Crippen molar-refractivity contribution in [2.45, 2.75) is 25.8 Å². The molecule has 2 N–H and O–H groups in total. The smallest absolute Gasteiger partial charge is 0.224 e. The first-order valence-corrected chi connectivity index (χ1v) is 7.85. The van der Waals surface area contributed by atoms with Crippen LogP contribution in [0.4, 0.5) is 0 Å². The minimum atomic E-state index is 0. The molecule has 0 spiro atoms. The molecule has 1 aromatic rings. The van der Waals surface area contributed by atoms with E-state index in [1.54, 1.807) is 0 Å². The van der Waals surface area contributed by atoms with E-state index in [2.05, 4.69) is 60.8 Å². The molecule has 0 saturated carbocycles. The van der Waals surface area contributed by atoms with E-state index < -0.39 is 0 Å². The molecule has 1 heterocycles. The minimum absolute atomic E-state index is 0. The van der Waals surface area contributed by atoms with Gasteiger partial charge in [-0.2, -0.15) is 0 Å². The third kappa shape index (κ3) is 6.30. The number of halogens is 2. The highest BCUT2D eigenvalue weighted by molar-refractivity contribution is 5.85. The van der Waals surface area contributed by atoms with E-state index in [0.717, 1.165) is 25.9 Å². The summed E-state index contributed by atoms with van der Waals surface area (Å²) in [5.41, 5.74) is 2.60. The molecule has 2 rings (SSSR count). The second-order valence-corrected chi connectivity index (χ2v) is 6.01. The molecule has 2 atom stereocenters. The molecular weight excluding hydrogens is 333 g/mol. The highest BCUT2D eigenvalue weighted by Crippen LogP contribution is 2.19. The normalized spacial score (nSPS) is 18.0. The van der Waals surface area contributed by atoms with Gasteiger partial charge < -0.3 is 15.5 Å². The first-order chi connectivity index (χ1) is 10.1. The minimum Gasteiger partial charge on any atom is -0.354 e. The lowest BCUT2D eigenvalue weighted by Crippen LogP contribution is -2.38. The first kappa shape index (κ1) is 22.2. The van der Waals surface area contributed by atoms with Gasteiger partial charge in [-0.1, -0.05) is 31.2 Å². The van der Waals surface area contributed by atoms with E-state index in [9.17, 15) is 4.79 Å². The molecule has 6 heteroatoms. The molecule has 0 aromatic heterocycles. The summed E-state index contributed by atoms with van der Waals surface area (Å²) < 4.78 is 0. The molecule has 1 saturated heterocycles. The molecule has 1 fully saturated rings. The van der Waals surface area contributed by atoms with Crippen molar-refractivity contribution in [3.63, 3.8) is 0 Å². The molecule has 1 aromatic carbocycles. The van der Waals surface area contributed by atoms with Gasteiger partial charge in [0, 0.05) is 13.1 Å². The van der Waals surface area contributed by atoms with Gasteiger partial charge in [0.05, 0.1) is 12.0 Å². The summed E-state index contributed by atoms with van der Waals surface area (Å²) >= 11 is 0. The topological polar surface area (TPSA) is 44.4 Å². The second-order valence-electron chi connectivity index (χ2n) is 6.01. The number of aryl methyl sites for hydroxylation is 1. The number of amides is 1. The van der Waals surface area contributed by atoms with Gasteiger partial charge in [0.1, 0.15) is 0 Å². The number of carbonyl (C=O) groups is 1. The molecular formula is C17H29Cl2N3O. The van der Waals surface area contributed by atoms with Crippen molar-refractivity contribution in [2.75, 3.05) is 33.7 Å². The number of hydrogen-bond acceptors (Lipinski definition) is 3. The molecule has 0 bridgehead atoms. The lowest BCUT2D eigenvalue weighted by atomic mass is 10.0. The van der Waals surface area contributed by atoms with Gasteiger partial charge in [0.2, 0.25) is 5.91 Å². The van der Waals surface area contributed by atoms with E-state index in [1.165, 1.54) is 11.1 Å². The zero-order valence-electron chi connectivity index (χ0n) is 14.2. The summed E-state index contributed by atoms with van der Waals surface area (Å²) in [6.45, 7) is 4.58. The van der Waals surface area contributed by atoms with Crippen LogP contribution in [-0.4, -0.2) is 44.5 Å². The summed E-state index contributed by atoms with van der Waals surface area (Å²) in [4.78, 5) is 14.3. The molecule has 0 aliphatic carbocycles. The van der Waals surface area contributed by atoms with Crippen molar-refractivity contribution < 1.29 is 4.79 Å². The molecule has 1 amide bonds. The Bertz CT molecular complexity index is 459.